The van der Waals surface area contributed by atoms with Crippen LogP contribution in [0.5, 0.6) is 0 Å². The number of rotatable bonds is 3. The topological polar surface area (TPSA) is 35.2 Å². The molecule has 2 nitrogen and oxygen atoms in total. The molecule has 2 unspecified atom stereocenters. The summed E-state index contributed by atoms with van der Waals surface area (Å²) >= 11 is 0. The molecule has 1 aliphatic heterocycles. The van der Waals surface area contributed by atoms with Crippen molar-refractivity contribution in [2.24, 2.45) is 5.73 Å². The molecule has 1 heterocycles. The summed E-state index contributed by atoms with van der Waals surface area (Å²) in [5.41, 5.74) is 8.66. The third-order valence-electron chi connectivity index (χ3n) is 3.01. The van der Waals surface area contributed by atoms with Crippen molar-refractivity contribution in [3.63, 3.8) is 0 Å². The van der Waals surface area contributed by atoms with Crippen LogP contribution in [0.15, 0.2) is 24.3 Å². The normalized spacial score (nSPS) is 22.9. The molecule has 2 rings (SSSR count). The Morgan fingerprint density at radius 2 is 2.40 bits per heavy atom. The van der Waals surface area contributed by atoms with Gasteiger partial charge in [0.05, 0.1) is 6.10 Å². The summed E-state index contributed by atoms with van der Waals surface area (Å²) in [4.78, 5) is 0. The fraction of sp³-hybridized carbons (Fsp3) is 0.538. The van der Waals surface area contributed by atoms with Crippen LogP contribution >= 0.6 is 0 Å². The summed E-state index contributed by atoms with van der Waals surface area (Å²) in [5, 5.41) is 0. The summed E-state index contributed by atoms with van der Waals surface area (Å²) < 4.78 is 5.60. The molecular formula is C13H19NO. The summed E-state index contributed by atoms with van der Waals surface area (Å²) in [7, 11) is 0. The molecule has 82 valence electrons. The van der Waals surface area contributed by atoms with Crippen molar-refractivity contribution in [2.75, 3.05) is 6.61 Å². The SMILES string of the molecule is Cc1cccc(C(N)CC2CCCO2)c1. The fourth-order valence-electron chi connectivity index (χ4n) is 2.15. The van der Waals surface area contributed by atoms with Crippen LogP contribution < -0.4 is 5.73 Å². The Morgan fingerprint density at radius 1 is 1.53 bits per heavy atom. The third-order valence-corrected chi connectivity index (χ3v) is 3.01. The molecule has 0 spiro atoms. The Hall–Kier alpha value is -0.860. The maximum atomic E-state index is 6.16. The summed E-state index contributed by atoms with van der Waals surface area (Å²) in [6.07, 6.45) is 3.68. The highest BCUT2D eigenvalue weighted by molar-refractivity contribution is 5.24. The van der Waals surface area contributed by atoms with E-state index in [1.807, 2.05) is 0 Å². The first-order valence-electron chi connectivity index (χ1n) is 5.69. The van der Waals surface area contributed by atoms with Crippen molar-refractivity contribution >= 4 is 0 Å². The summed E-state index contributed by atoms with van der Waals surface area (Å²) in [6.45, 7) is 3.01. The first-order valence-corrected chi connectivity index (χ1v) is 5.69. The number of nitrogens with two attached hydrogens (primary N) is 1. The second kappa shape index (κ2) is 4.77. The van der Waals surface area contributed by atoms with Gasteiger partial charge in [0.2, 0.25) is 0 Å². The zero-order valence-electron chi connectivity index (χ0n) is 9.28. The molecule has 2 heteroatoms. The Kier molecular flexibility index (Phi) is 3.39. The van der Waals surface area contributed by atoms with Gasteiger partial charge in [0.1, 0.15) is 0 Å². The van der Waals surface area contributed by atoms with Gasteiger partial charge in [0.25, 0.3) is 0 Å². The van der Waals surface area contributed by atoms with Crippen LogP contribution in [0.4, 0.5) is 0 Å². The van der Waals surface area contributed by atoms with Crippen LogP contribution in [0.2, 0.25) is 0 Å². The monoisotopic (exact) mass is 205 g/mol. The van der Waals surface area contributed by atoms with Gasteiger partial charge in [0.15, 0.2) is 0 Å². The lowest BCUT2D eigenvalue weighted by Crippen LogP contribution is -2.18. The van der Waals surface area contributed by atoms with E-state index in [1.165, 1.54) is 24.0 Å². The molecule has 1 fully saturated rings. The Labute approximate surface area is 91.4 Å². The summed E-state index contributed by atoms with van der Waals surface area (Å²) in [6, 6.07) is 8.56. The number of hydrogen-bond donors (Lipinski definition) is 1. The van der Waals surface area contributed by atoms with E-state index in [2.05, 4.69) is 31.2 Å². The number of aryl methyl sites for hydroxylation is 1. The Balaban J connectivity index is 1.97. The molecule has 1 saturated heterocycles. The van der Waals surface area contributed by atoms with E-state index in [9.17, 15) is 0 Å². The lowest BCUT2D eigenvalue weighted by atomic mass is 9.99. The van der Waals surface area contributed by atoms with E-state index in [0.717, 1.165) is 13.0 Å². The van der Waals surface area contributed by atoms with Crippen LogP contribution in [0.3, 0.4) is 0 Å². The van der Waals surface area contributed by atoms with E-state index in [-0.39, 0.29) is 6.04 Å². The van der Waals surface area contributed by atoms with Crippen LogP contribution in [0.1, 0.15) is 36.4 Å². The minimum absolute atomic E-state index is 0.119. The third kappa shape index (κ3) is 2.80. The van der Waals surface area contributed by atoms with Gasteiger partial charge in [-0.05, 0) is 31.7 Å². The average Bonchev–Trinajstić information content (AvgIpc) is 2.70. The standard InChI is InChI=1S/C13H19NO/c1-10-4-2-5-11(8-10)13(14)9-12-6-3-7-15-12/h2,4-5,8,12-13H,3,6-7,9,14H2,1H3. The van der Waals surface area contributed by atoms with Gasteiger partial charge in [-0.1, -0.05) is 29.8 Å². The van der Waals surface area contributed by atoms with Gasteiger partial charge in [-0.3, -0.25) is 0 Å². The Morgan fingerprint density at radius 3 is 3.07 bits per heavy atom. The van der Waals surface area contributed by atoms with Gasteiger partial charge in [-0.15, -0.1) is 0 Å². The van der Waals surface area contributed by atoms with Gasteiger partial charge >= 0.3 is 0 Å². The van der Waals surface area contributed by atoms with Crippen molar-refractivity contribution in [1.82, 2.24) is 0 Å². The predicted octanol–water partition coefficient (Wildman–Crippen LogP) is 2.56. The molecule has 2 atom stereocenters. The van der Waals surface area contributed by atoms with Crippen molar-refractivity contribution in [1.29, 1.82) is 0 Å². The highest BCUT2D eigenvalue weighted by Crippen LogP contribution is 2.23. The average molecular weight is 205 g/mol. The van der Waals surface area contributed by atoms with E-state index in [4.69, 9.17) is 10.5 Å². The first-order chi connectivity index (χ1) is 7.25. The zero-order chi connectivity index (χ0) is 10.7. The maximum absolute atomic E-state index is 6.16. The van der Waals surface area contributed by atoms with Crippen molar-refractivity contribution in [3.8, 4) is 0 Å². The van der Waals surface area contributed by atoms with Gasteiger partial charge in [-0.2, -0.15) is 0 Å². The van der Waals surface area contributed by atoms with Crippen LogP contribution in [0.25, 0.3) is 0 Å². The zero-order valence-corrected chi connectivity index (χ0v) is 9.28. The minimum Gasteiger partial charge on any atom is -0.378 e. The number of hydrogen-bond acceptors (Lipinski definition) is 2. The second-order valence-corrected chi connectivity index (χ2v) is 4.39. The predicted molar refractivity (Wildman–Crippen MR) is 61.7 cm³/mol. The number of ether oxygens (including phenoxy) is 1. The molecule has 2 N–H and O–H groups in total. The second-order valence-electron chi connectivity index (χ2n) is 4.39. The molecule has 0 aromatic heterocycles. The van der Waals surface area contributed by atoms with Crippen LogP contribution in [0, 0.1) is 6.92 Å². The molecule has 1 aromatic rings. The number of benzene rings is 1. The van der Waals surface area contributed by atoms with Gasteiger partial charge in [-0.25, -0.2) is 0 Å². The highest BCUT2D eigenvalue weighted by atomic mass is 16.5. The molecule has 0 saturated carbocycles. The fourth-order valence-corrected chi connectivity index (χ4v) is 2.15. The van der Waals surface area contributed by atoms with E-state index in [1.54, 1.807) is 0 Å². The molecule has 0 aliphatic carbocycles. The lowest BCUT2D eigenvalue weighted by molar-refractivity contribution is 0.0983. The molecule has 15 heavy (non-hydrogen) atoms. The molecule has 0 bridgehead atoms. The molecule has 0 radical (unpaired) electrons. The first kappa shape index (κ1) is 10.7. The lowest BCUT2D eigenvalue weighted by Gasteiger charge is -2.16. The van der Waals surface area contributed by atoms with Crippen molar-refractivity contribution in [3.05, 3.63) is 35.4 Å². The largest absolute Gasteiger partial charge is 0.378 e. The Bertz CT molecular complexity index is 318. The summed E-state index contributed by atoms with van der Waals surface area (Å²) in [5.74, 6) is 0. The van der Waals surface area contributed by atoms with Gasteiger partial charge < -0.3 is 10.5 Å². The van der Waals surface area contributed by atoms with Gasteiger partial charge in [0, 0.05) is 12.6 Å². The smallest absolute Gasteiger partial charge is 0.0594 e. The molecule has 1 aliphatic rings. The van der Waals surface area contributed by atoms with Crippen molar-refractivity contribution < 1.29 is 4.74 Å². The molecular weight excluding hydrogens is 186 g/mol. The molecule has 0 amide bonds. The van der Waals surface area contributed by atoms with Crippen LogP contribution in [-0.2, 0) is 4.74 Å². The highest BCUT2D eigenvalue weighted by Gasteiger charge is 2.19. The van der Waals surface area contributed by atoms with Crippen LogP contribution in [-0.4, -0.2) is 12.7 Å². The van der Waals surface area contributed by atoms with Crippen molar-refractivity contribution in [2.45, 2.75) is 38.3 Å². The van der Waals surface area contributed by atoms with E-state index in [0.29, 0.717) is 6.10 Å². The minimum atomic E-state index is 0.119. The molecule has 1 aromatic carbocycles. The van der Waals surface area contributed by atoms with E-state index >= 15 is 0 Å². The van der Waals surface area contributed by atoms with E-state index < -0.39 is 0 Å². The quantitative estimate of drug-likeness (QED) is 0.823. The maximum Gasteiger partial charge on any atom is 0.0594 e.